The van der Waals surface area contributed by atoms with Gasteiger partial charge in [0.1, 0.15) is 16.9 Å². The van der Waals surface area contributed by atoms with Crippen LogP contribution in [0.4, 0.5) is 5.82 Å². The zero-order valence-corrected chi connectivity index (χ0v) is 19.0. The number of benzene rings is 2. The summed E-state index contributed by atoms with van der Waals surface area (Å²) in [5, 5.41) is 3.13. The molecular formula is C26H31N5O. The fraction of sp³-hybridized carbons (Fsp3) is 0.346. The van der Waals surface area contributed by atoms with Gasteiger partial charge in [0.05, 0.1) is 11.0 Å². The number of nitrogens with zero attached hydrogens (tertiary/aromatic N) is 3. The van der Waals surface area contributed by atoms with Crippen molar-refractivity contribution in [2.24, 2.45) is 5.92 Å². The molecule has 0 bridgehead atoms. The number of amides is 1. The lowest BCUT2D eigenvalue weighted by molar-refractivity contribution is 0.0940. The Kier molecular flexibility index (Phi) is 6.40. The van der Waals surface area contributed by atoms with Crippen LogP contribution in [0.5, 0.6) is 0 Å². The lowest BCUT2D eigenvalue weighted by Gasteiger charge is -2.14. The van der Waals surface area contributed by atoms with E-state index in [1.54, 1.807) is 0 Å². The first-order chi connectivity index (χ1) is 15.4. The van der Waals surface area contributed by atoms with Crippen LogP contribution in [-0.2, 0) is 13.0 Å². The predicted molar refractivity (Wildman–Crippen MR) is 131 cm³/mol. The van der Waals surface area contributed by atoms with E-state index in [4.69, 9.17) is 15.7 Å². The quantitative estimate of drug-likeness (QED) is 0.414. The highest BCUT2D eigenvalue weighted by Crippen LogP contribution is 2.28. The lowest BCUT2D eigenvalue weighted by Crippen LogP contribution is -2.33. The van der Waals surface area contributed by atoms with E-state index in [1.165, 1.54) is 5.56 Å². The number of nitrogen functional groups attached to an aromatic ring is 1. The van der Waals surface area contributed by atoms with Gasteiger partial charge in [-0.2, -0.15) is 0 Å². The van der Waals surface area contributed by atoms with Gasteiger partial charge >= 0.3 is 0 Å². The van der Waals surface area contributed by atoms with Gasteiger partial charge in [-0.25, -0.2) is 9.97 Å². The second-order valence-electron chi connectivity index (χ2n) is 8.88. The average molecular weight is 430 g/mol. The number of carbonyl (C=O) groups excluding carboxylic acids is 1. The van der Waals surface area contributed by atoms with Gasteiger partial charge in [-0.3, -0.25) is 4.79 Å². The van der Waals surface area contributed by atoms with E-state index in [0.717, 1.165) is 30.3 Å². The number of anilines is 1. The fourth-order valence-corrected chi connectivity index (χ4v) is 3.95. The first kappa shape index (κ1) is 21.8. The molecule has 4 aromatic rings. The molecule has 32 heavy (non-hydrogen) atoms. The minimum atomic E-state index is -0.194. The summed E-state index contributed by atoms with van der Waals surface area (Å²) in [7, 11) is 0. The van der Waals surface area contributed by atoms with E-state index in [2.05, 4.69) is 31.3 Å². The fourth-order valence-electron chi connectivity index (χ4n) is 3.95. The minimum Gasteiger partial charge on any atom is -0.384 e. The second-order valence-corrected chi connectivity index (χ2v) is 8.88. The van der Waals surface area contributed by atoms with Crippen molar-refractivity contribution in [1.29, 1.82) is 0 Å². The lowest BCUT2D eigenvalue weighted by atomic mass is 10.1. The van der Waals surface area contributed by atoms with Crippen LogP contribution in [-0.4, -0.2) is 26.5 Å². The highest BCUT2D eigenvalue weighted by Gasteiger charge is 2.24. The summed E-state index contributed by atoms with van der Waals surface area (Å²) >= 11 is 0. The standard InChI is InChI=1S/C26H31N5O/c1-17(2)15-16-31-24(27)22(23-25(31)30-21-12-8-7-11-20(21)29-23)26(32)28-18(3)13-14-19-9-5-4-6-10-19/h4-12,17-18H,13-16,27H2,1-3H3,(H,28,32)/t18-/m1/s1. The maximum atomic E-state index is 13.3. The number of para-hydroxylation sites is 2. The molecule has 3 N–H and O–H groups in total. The third-order valence-electron chi connectivity index (χ3n) is 5.84. The molecule has 0 saturated heterocycles. The SMILES string of the molecule is CC(C)CCn1c(N)c(C(=O)N[C@H](C)CCc2ccccc2)c2nc3ccccc3nc21. The molecule has 1 amide bonds. The van der Waals surface area contributed by atoms with Crippen molar-refractivity contribution >= 4 is 33.9 Å². The molecule has 2 heterocycles. The summed E-state index contributed by atoms with van der Waals surface area (Å²) in [6.45, 7) is 7.07. The van der Waals surface area contributed by atoms with Crippen molar-refractivity contribution in [3.63, 3.8) is 0 Å². The van der Waals surface area contributed by atoms with E-state index in [9.17, 15) is 4.79 Å². The molecule has 0 aliphatic rings. The molecule has 6 heteroatoms. The Bertz CT molecular complexity index is 1230. The summed E-state index contributed by atoms with van der Waals surface area (Å²) in [5.74, 6) is 0.750. The Morgan fingerprint density at radius 1 is 0.969 bits per heavy atom. The molecule has 0 spiro atoms. The van der Waals surface area contributed by atoms with E-state index >= 15 is 0 Å². The molecule has 0 fully saturated rings. The zero-order valence-electron chi connectivity index (χ0n) is 19.0. The highest BCUT2D eigenvalue weighted by atomic mass is 16.1. The molecule has 4 rings (SSSR count). The van der Waals surface area contributed by atoms with Gasteiger partial charge in [-0.1, -0.05) is 56.3 Å². The van der Waals surface area contributed by atoms with Crippen molar-refractivity contribution < 1.29 is 4.79 Å². The van der Waals surface area contributed by atoms with Gasteiger partial charge in [-0.15, -0.1) is 0 Å². The smallest absolute Gasteiger partial charge is 0.257 e. The van der Waals surface area contributed by atoms with Crippen LogP contribution in [0.2, 0.25) is 0 Å². The summed E-state index contributed by atoms with van der Waals surface area (Å²) in [5.41, 5.74) is 11.0. The monoisotopic (exact) mass is 429 g/mol. The van der Waals surface area contributed by atoms with Gasteiger partial charge in [0, 0.05) is 12.6 Å². The largest absolute Gasteiger partial charge is 0.384 e. The van der Waals surface area contributed by atoms with Crippen LogP contribution >= 0.6 is 0 Å². The minimum absolute atomic E-state index is 0.00425. The molecular weight excluding hydrogens is 398 g/mol. The third-order valence-corrected chi connectivity index (χ3v) is 5.84. The molecule has 0 saturated carbocycles. The topological polar surface area (TPSA) is 85.8 Å². The molecule has 2 aromatic carbocycles. The average Bonchev–Trinajstić information content (AvgIpc) is 3.05. The van der Waals surface area contributed by atoms with E-state index in [-0.39, 0.29) is 11.9 Å². The maximum Gasteiger partial charge on any atom is 0.257 e. The van der Waals surface area contributed by atoms with Crippen LogP contribution in [0, 0.1) is 5.92 Å². The first-order valence-corrected chi connectivity index (χ1v) is 11.3. The Hall–Kier alpha value is -3.41. The summed E-state index contributed by atoms with van der Waals surface area (Å²) < 4.78 is 1.94. The van der Waals surface area contributed by atoms with E-state index < -0.39 is 0 Å². The van der Waals surface area contributed by atoms with Crippen LogP contribution in [0.15, 0.2) is 54.6 Å². The molecule has 166 valence electrons. The number of hydrogen-bond donors (Lipinski definition) is 2. The number of carbonyl (C=O) groups is 1. The van der Waals surface area contributed by atoms with Crippen LogP contribution < -0.4 is 11.1 Å². The second kappa shape index (κ2) is 9.39. The van der Waals surface area contributed by atoms with Crippen molar-refractivity contribution in [1.82, 2.24) is 19.9 Å². The molecule has 0 aliphatic carbocycles. The zero-order chi connectivity index (χ0) is 22.7. The van der Waals surface area contributed by atoms with E-state index in [0.29, 0.717) is 35.0 Å². The number of hydrogen-bond acceptors (Lipinski definition) is 4. The van der Waals surface area contributed by atoms with Gasteiger partial charge in [0.25, 0.3) is 5.91 Å². The first-order valence-electron chi connectivity index (χ1n) is 11.3. The highest BCUT2D eigenvalue weighted by molar-refractivity contribution is 6.10. The molecule has 0 unspecified atom stereocenters. The van der Waals surface area contributed by atoms with Crippen LogP contribution in [0.3, 0.4) is 0 Å². The number of nitrogens with one attached hydrogen (secondary N) is 1. The number of nitrogens with two attached hydrogens (primary N) is 1. The van der Waals surface area contributed by atoms with Crippen molar-refractivity contribution in [2.45, 2.75) is 52.6 Å². The Labute approximate surface area is 188 Å². The number of aryl methyl sites for hydroxylation is 2. The van der Waals surface area contributed by atoms with Crippen LogP contribution in [0.1, 0.15) is 49.5 Å². The molecule has 6 nitrogen and oxygen atoms in total. The summed E-state index contributed by atoms with van der Waals surface area (Å²) in [4.78, 5) is 22.9. The molecule has 1 atom stereocenters. The van der Waals surface area contributed by atoms with Crippen molar-refractivity contribution in [3.05, 3.63) is 65.7 Å². The summed E-state index contributed by atoms with van der Waals surface area (Å²) in [6, 6.07) is 18.0. The van der Waals surface area contributed by atoms with Gasteiger partial charge in [0.15, 0.2) is 5.65 Å². The van der Waals surface area contributed by atoms with Crippen molar-refractivity contribution in [2.75, 3.05) is 5.73 Å². The maximum absolute atomic E-state index is 13.3. The van der Waals surface area contributed by atoms with Gasteiger partial charge in [-0.05, 0) is 49.8 Å². The molecule has 2 aromatic heterocycles. The van der Waals surface area contributed by atoms with Crippen molar-refractivity contribution in [3.8, 4) is 0 Å². The summed E-state index contributed by atoms with van der Waals surface area (Å²) in [6.07, 6.45) is 2.69. The van der Waals surface area contributed by atoms with E-state index in [1.807, 2.05) is 54.0 Å². The molecule has 0 radical (unpaired) electrons. The normalized spacial score (nSPS) is 12.5. The third kappa shape index (κ3) is 4.59. The van der Waals surface area contributed by atoms with Crippen LogP contribution in [0.25, 0.3) is 22.2 Å². The number of fused-ring (bicyclic) bond motifs is 2. The van der Waals surface area contributed by atoms with Gasteiger partial charge in [0.2, 0.25) is 0 Å². The Morgan fingerprint density at radius 2 is 1.62 bits per heavy atom. The number of aromatic nitrogens is 3. The Balaban J connectivity index is 1.64. The predicted octanol–water partition coefficient (Wildman–Crippen LogP) is 4.96. The molecule has 0 aliphatic heterocycles. The Morgan fingerprint density at radius 3 is 2.31 bits per heavy atom. The van der Waals surface area contributed by atoms with Gasteiger partial charge < -0.3 is 15.6 Å². The number of rotatable bonds is 8.